The van der Waals surface area contributed by atoms with E-state index in [0.717, 1.165) is 6.54 Å². The van der Waals surface area contributed by atoms with Crippen molar-refractivity contribution >= 4 is 5.91 Å². The number of hydrogen-bond acceptors (Lipinski definition) is 2. The van der Waals surface area contributed by atoms with Crippen molar-refractivity contribution in [3.63, 3.8) is 0 Å². The van der Waals surface area contributed by atoms with Crippen LogP contribution in [0, 0.1) is 12.3 Å². The molecule has 0 unspecified atom stereocenters. The molecule has 1 amide bonds. The molecule has 3 heteroatoms. The molecule has 1 N–H and O–H groups in total. The number of nitrogens with zero attached hydrogens (tertiary/aromatic N) is 1. The Balaban J connectivity index is 2.34. The Morgan fingerprint density at radius 3 is 2.75 bits per heavy atom. The van der Waals surface area contributed by atoms with Gasteiger partial charge in [-0.25, -0.2) is 0 Å². The highest BCUT2D eigenvalue weighted by molar-refractivity contribution is 5.78. The fraction of sp³-hybridized carbons (Fsp3) is 0.308. The molecule has 0 saturated heterocycles. The number of terminal acetylenes is 1. The van der Waals surface area contributed by atoms with Gasteiger partial charge >= 0.3 is 0 Å². The molecule has 0 aromatic heterocycles. The molecule has 84 valence electrons. The van der Waals surface area contributed by atoms with Crippen molar-refractivity contribution in [1.82, 2.24) is 10.2 Å². The number of carbonyl (C=O) groups excluding carboxylic acids is 1. The maximum Gasteiger partial charge on any atom is 0.234 e. The number of hydrogen-bond donors (Lipinski definition) is 1. The van der Waals surface area contributed by atoms with Crippen LogP contribution in [0.15, 0.2) is 30.3 Å². The summed E-state index contributed by atoms with van der Waals surface area (Å²) < 4.78 is 0. The van der Waals surface area contributed by atoms with Crippen molar-refractivity contribution < 1.29 is 4.79 Å². The maximum atomic E-state index is 11.4. The van der Waals surface area contributed by atoms with Crippen LogP contribution in [0.5, 0.6) is 0 Å². The molecule has 1 aromatic carbocycles. The zero-order valence-electron chi connectivity index (χ0n) is 9.44. The molecule has 0 aliphatic heterocycles. The molecular formula is C13H16N2O. The van der Waals surface area contributed by atoms with Gasteiger partial charge in [-0.2, -0.15) is 0 Å². The van der Waals surface area contributed by atoms with E-state index >= 15 is 0 Å². The third-order valence-corrected chi connectivity index (χ3v) is 2.10. The van der Waals surface area contributed by atoms with E-state index in [0.29, 0.717) is 6.54 Å². The molecule has 0 aliphatic rings. The number of benzene rings is 1. The lowest BCUT2D eigenvalue weighted by Crippen LogP contribution is -2.34. The Kier molecular flexibility index (Phi) is 5.10. The van der Waals surface area contributed by atoms with Crippen LogP contribution in [-0.4, -0.2) is 30.9 Å². The third-order valence-electron chi connectivity index (χ3n) is 2.10. The molecule has 0 heterocycles. The summed E-state index contributed by atoms with van der Waals surface area (Å²) in [6, 6.07) is 10.0. The molecule has 0 fully saturated rings. The first-order chi connectivity index (χ1) is 7.72. The summed E-state index contributed by atoms with van der Waals surface area (Å²) in [7, 11) is 1.91. The van der Waals surface area contributed by atoms with E-state index in [9.17, 15) is 4.79 Å². The highest BCUT2D eigenvalue weighted by Gasteiger charge is 2.05. The van der Waals surface area contributed by atoms with Gasteiger partial charge in [0, 0.05) is 6.54 Å². The monoisotopic (exact) mass is 216 g/mol. The molecule has 0 spiro atoms. The third kappa shape index (κ3) is 4.63. The van der Waals surface area contributed by atoms with Crippen molar-refractivity contribution in [3.05, 3.63) is 35.9 Å². The van der Waals surface area contributed by atoms with Crippen LogP contribution in [0.2, 0.25) is 0 Å². The summed E-state index contributed by atoms with van der Waals surface area (Å²) in [6.45, 7) is 1.40. The van der Waals surface area contributed by atoms with E-state index < -0.39 is 0 Å². The van der Waals surface area contributed by atoms with Crippen LogP contribution >= 0.6 is 0 Å². The minimum atomic E-state index is -0.0450. The Hall–Kier alpha value is -1.79. The fourth-order valence-corrected chi connectivity index (χ4v) is 1.40. The topological polar surface area (TPSA) is 32.3 Å². The summed E-state index contributed by atoms with van der Waals surface area (Å²) >= 11 is 0. The standard InChI is InChI=1S/C13H16N2O/c1-3-9-14-13(16)11-15(2)10-12-7-5-4-6-8-12/h1,4-8H,9-11H2,2H3,(H,14,16). The number of rotatable bonds is 5. The first kappa shape index (κ1) is 12.3. The van der Waals surface area contributed by atoms with Crippen molar-refractivity contribution in [1.29, 1.82) is 0 Å². The fourth-order valence-electron chi connectivity index (χ4n) is 1.40. The van der Waals surface area contributed by atoms with Gasteiger partial charge in [-0.15, -0.1) is 6.42 Å². The summed E-state index contributed by atoms with van der Waals surface area (Å²) in [6.07, 6.45) is 5.05. The largest absolute Gasteiger partial charge is 0.344 e. The number of amides is 1. The maximum absolute atomic E-state index is 11.4. The van der Waals surface area contributed by atoms with E-state index in [1.54, 1.807) is 0 Å². The molecule has 0 radical (unpaired) electrons. The van der Waals surface area contributed by atoms with Gasteiger partial charge in [0.2, 0.25) is 5.91 Å². The Labute approximate surface area is 96.5 Å². The highest BCUT2D eigenvalue weighted by atomic mass is 16.1. The first-order valence-corrected chi connectivity index (χ1v) is 5.15. The molecule has 0 aliphatic carbocycles. The Morgan fingerprint density at radius 2 is 2.12 bits per heavy atom. The van der Waals surface area contributed by atoms with Crippen molar-refractivity contribution in [3.8, 4) is 12.3 Å². The molecule has 1 rings (SSSR count). The van der Waals surface area contributed by atoms with Crippen LogP contribution in [0.3, 0.4) is 0 Å². The lowest BCUT2D eigenvalue weighted by Gasteiger charge is -2.15. The quantitative estimate of drug-likeness (QED) is 0.741. The smallest absolute Gasteiger partial charge is 0.234 e. The lowest BCUT2D eigenvalue weighted by molar-refractivity contribution is -0.121. The second-order valence-electron chi connectivity index (χ2n) is 3.64. The molecule has 0 saturated carbocycles. The van der Waals surface area contributed by atoms with E-state index in [-0.39, 0.29) is 12.5 Å². The minimum absolute atomic E-state index is 0.0450. The van der Waals surface area contributed by atoms with Crippen LogP contribution in [0.1, 0.15) is 5.56 Å². The van der Waals surface area contributed by atoms with E-state index in [1.165, 1.54) is 5.56 Å². The zero-order chi connectivity index (χ0) is 11.8. The number of nitrogens with one attached hydrogen (secondary N) is 1. The minimum Gasteiger partial charge on any atom is -0.344 e. The highest BCUT2D eigenvalue weighted by Crippen LogP contribution is 2.01. The van der Waals surface area contributed by atoms with Crippen LogP contribution in [-0.2, 0) is 11.3 Å². The molecule has 3 nitrogen and oxygen atoms in total. The SMILES string of the molecule is C#CCNC(=O)CN(C)Cc1ccccc1. The lowest BCUT2D eigenvalue weighted by atomic mass is 10.2. The van der Waals surface area contributed by atoms with Crippen LogP contribution in [0.4, 0.5) is 0 Å². The van der Waals surface area contributed by atoms with Crippen molar-refractivity contribution in [2.75, 3.05) is 20.1 Å². The van der Waals surface area contributed by atoms with Gasteiger partial charge in [0.05, 0.1) is 13.1 Å². The molecule has 16 heavy (non-hydrogen) atoms. The van der Waals surface area contributed by atoms with Crippen LogP contribution < -0.4 is 5.32 Å². The van der Waals surface area contributed by atoms with Gasteiger partial charge in [0.1, 0.15) is 0 Å². The summed E-state index contributed by atoms with van der Waals surface area (Å²) in [5, 5.41) is 2.63. The molecule has 1 aromatic rings. The second kappa shape index (κ2) is 6.65. The second-order valence-corrected chi connectivity index (χ2v) is 3.64. The van der Waals surface area contributed by atoms with Crippen molar-refractivity contribution in [2.24, 2.45) is 0 Å². The number of carbonyl (C=O) groups is 1. The summed E-state index contributed by atoms with van der Waals surface area (Å²) in [5.74, 6) is 2.33. The zero-order valence-corrected chi connectivity index (χ0v) is 9.44. The molecule has 0 bridgehead atoms. The van der Waals surface area contributed by atoms with E-state index in [1.807, 2.05) is 42.3 Å². The first-order valence-electron chi connectivity index (χ1n) is 5.15. The van der Waals surface area contributed by atoms with Crippen molar-refractivity contribution in [2.45, 2.75) is 6.54 Å². The van der Waals surface area contributed by atoms with E-state index in [2.05, 4.69) is 11.2 Å². The van der Waals surface area contributed by atoms with Gasteiger partial charge < -0.3 is 5.32 Å². The van der Waals surface area contributed by atoms with Crippen LogP contribution in [0.25, 0.3) is 0 Å². The van der Waals surface area contributed by atoms with E-state index in [4.69, 9.17) is 6.42 Å². The average molecular weight is 216 g/mol. The number of likely N-dealkylation sites (N-methyl/N-ethyl adjacent to an activating group) is 1. The summed E-state index contributed by atoms with van der Waals surface area (Å²) in [4.78, 5) is 13.3. The predicted molar refractivity (Wildman–Crippen MR) is 64.6 cm³/mol. The normalized spacial score (nSPS) is 9.81. The van der Waals surface area contributed by atoms with Gasteiger partial charge in [-0.3, -0.25) is 9.69 Å². The van der Waals surface area contributed by atoms with Gasteiger partial charge in [0.15, 0.2) is 0 Å². The van der Waals surface area contributed by atoms with Gasteiger partial charge in [-0.05, 0) is 12.6 Å². The molecular weight excluding hydrogens is 200 g/mol. The summed E-state index contributed by atoms with van der Waals surface area (Å²) in [5.41, 5.74) is 1.19. The average Bonchev–Trinajstić information content (AvgIpc) is 2.27. The van der Waals surface area contributed by atoms with Gasteiger partial charge in [-0.1, -0.05) is 36.3 Å². The molecule has 0 atom stereocenters. The predicted octanol–water partition coefficient (Wildman–Crippen LogP) is 0.868. The van der Waals surface area contributed by atoms with Gasteiger partial charge in [0.25, 0.3) is 0 Å². The Bertz CT molecular complexity index is 367. The Morgan fingerprint density at radius 1 is 1.44 bits per heavy atom.